The second kappa shape index (κ2) is 9.62. The Hall–Kier alpha value is -2.52. The third kappa shape index (κ3) is 4.43. The molecule has 1 unspecified atom stereocenters. The van der Waals surface area contributed by atoms with Gasteiger partial charge in [0.05, 0.1) is 24.4 Å². The van der Waals surface area contributed by atoms with Gasteiger partial charge in [-0.15, -0.1) is 0 Å². The van der Waals surface area contributed by atoms with E-state index in [-0.39, 0.29) is 50.0 Å². The largest absolute Gasteiger partial charge is 0.396 e. The molecule has 8 nitrogen and oxygen atoms in total. The van der Waals surface area contributed by atoms with Crippen molar-refractivity contribution in [3.05, 3.63) is 29.1 Å². The second-order valence-corrected chi connectivity index (χ2v) is 9.97. The number of carbonyl (C=O) groups excluding carboxylic acids is 3. The van der Waals surface area contributed by atoms with Gasteiger partial charge in [-0.05, 0) is 63.0 Å². The monoisotopic (exact) mass is 473 g/mol. The lowest BCUT2D eigenvalue weighted by molar-refractivity contribution is -0.136. The number of aliphatic hydroxyl groups is 1. The van der Waals surface area contributed by atoms with Gasteiger partial charge in [-0.3, -0.25) is 19.7 Å². The average molecular weight is 474 g/mol. The van der Waals surface area contributed by atoms with E-state index >= 15 is 4.39 Å². The van der Waals surface area contributed by atoms with Crippen LogP contribution in [0.1, 0.15) is 67.3 Å². The third-order valence-corrected chi connectivity index (χ3v) is 7.85. The molecule has 3 heterocycles. The van der Waals surface area contributed by atoms with E-state index in [0.29, 0.717) is 35.8 Å². The molecule has 4 aliphatic rings. The smallest absolute Gasteiger partial charge is 0.255 e. The molecular weight excluding hydrogens is 441 g/mol. The van der Waals surface area contributed by atoms with Gasteiger partial charge in [0.2, 0.25) is 11.8 Å². The van der Waals surface area contributed by atoms with Gasteiger partial charge >= 0.3 is 0 Å². The molecule has 3 fully saturated rings. The number of benzene rings is 1. The molecule has 184 valence electrons. The topological polar surface area (TPSA) is 99.2 Å². The first-order chi connectivity index (χ1) is 16.4. The summed E-state index contributed by atoms with van der Waals surface area (Å²) in [5.41, 5.74) is 1.10. The minimum atomic E-state index is -0.749. The van der Waals surface area contributed by atoms with Crippen LogP contribution >= 0.6 is 0 Å². The van der Waals surface area contributed by atoms with Crippen LogP contribution in [0.2, 0.25) is 0 Å². The number of anilines is 1. The van der Waals surface area contributed by atoms with Crippen LogP contribution in [0.15, 0.2) is 12.1 Å². The number of piperidine rings is 2. The van der Waals surface area contributed by atoms with E-state index in [1.807, 2.05) is 4.90 Å². The van der Waals surface area contributed by atoms with Crippen LogP contribution in [0, 0.1) is 11.7 Å². The minimum absolute atomic E-state index is 0.0379. The van der Waals surface area contributed by atoms with Crippen molar-refractivity contribution < 1.29 is 28.6 Å². The molecule has 9 heteroatoms. The summed E-state index contributed by atoms with van der Waals surface area (Å²) in [5, 5.41) is 11.6. The summed E-state index contributed by atoms with van der Waals surface area (Å²) in [7, 11) is 0. The van der Waals surface area contributed by atoms with Crippen molar-refractivity contribution in [3.63, 3.8) is 0 Å². The van der Waals surface area contributed by atoms with Crippen molar-refractivity contribution in [1.82, 2.24) is 10.2 Å². The number of nitrogens with one attached hydrogen (secondary N) is 1. The van der Waals surface area contributed by atoms with Gasteiger partial charge in [0, 0.05) is 37.2 Å². The maximum Gasteiger partial charge on any atom is 0.255 e. The number of fused-ring (bicyclic) bond motifs is 1. The quantitative estimate of drug-likeness (QED) is 0.636. The first kappa shape index (κ1) is 23.2. The molecule has 3 amide bonds. The molecule has 1 aromatic rings. The zero-order valence-corrected chi connectivity index (χ0v) is 19.3. The molecule has 1 aromatic carbocycles. The number of nitrogens with zero attached hydrogens (tertiary/aromatic N) is 2. The van der Waals surface area contributed by atoms with Crippen molar-refractivity contribution in [1.29, 1.82) is 0 Å². The van der Waals surface area contributed by atoms with Crippen LogP contribution in [0.25, 0.3) is 0 Å². The maximum absolute atomic E-state index is 15.5. The van der Waals surface area contributed by atoms with Crippen LogP contribution in [-0.4, -0.2) is 65.7 Å². The fourth-order valence-corrected chi connectivity index (χ4v) is 5.79. The van der Waals surface area contributed by atoms with E-state index in [4.69, 9.17) is 4.74 Å². The summed E-state index contributed by atoms with van der Waals surface area (Å²) in [6.07, 6.45) is 6.47. The van der Waals surface area contributed by atoms with Crippen molar-refractivity contribution in [2.75, 3.05) is 24.6 Å². The molecule has 0 aromatic heterocycles. The van der Waals surface area contributed by atoms with Crippen LogP contribution in [0.4, 0.5) is 10.1 Å². The normalized spacial score (nSPS) is 28.3. The predicted octanol–water partition coefficient (Wildman–Crippen LogP) is 2.12. The van der Waals surface area contributed by atoms with E-state index < -0.39 is 17.8 Å². The summed E-state index contributed by atoms with van der Waals surface area (Å²) in [4.78, 5) is 40.0. The lowest BCUT2D eigenvalue weighted by atomic mass is 9.88. The Kier molecular flexibility index (Phi) is 6.57. The van der Waals surface area contributed by atoms with E-state index in [9.17, 15) is 19.5 Å². The van der Waals surface area contributed by atoms with Crippen LogP contribution in [-0.2, 0) is 20.9 Å². The van der Waals surface area contributed by atoms with Crippen LogP contribution in [0.5, 0.6) is 0 Å². The first-order valence-corrected chi connectivity index (χ1v) is 12.4. The van der Waals surface area contributed by atoms with Crippen molar-refractivity contribution in [3.8, 4) is 0 Å². The van der Waals surface area contributed by atoms with Crippen LogP contribution < -0.4 is 10.2 Å². The number of imide groups is 1. The fraction of sp³-hybridized carbons (Fsp3) is 0.640. The molecule has 3 aliphatic heterocycles. The molecule has 1 atom stereocenters. The average Bonchev–Trinajstić information content (AvgIpc) is 3.17. The van der Waals surface area contributed by atoms with Gasteiger partial charge in [-0.25, -0.2) is 4.39 Å². The molecule has 0 radical (unpaired) electrons. The molecule has 5 rings (SSSR count). The Morgan fingerprint density at radius 2 is 1.71 bits per heavy atom. The molecule has 1 saturated carbocycles. The Bertz CT molecular complexity index is 970. The maximum atomic E-state index is 15.5. The van der Waals surface area contributed by atoms with E-state index in [1.54, 1.807) is 12.1 Å². The van der Waals surface area contributed by atoms with Crippen LogP contribution in [0.3, 0.4) is 0 Å². The number of rotatable bonds is 5. The van der Waals surface area contributed by atoms with Gasteiger partial charge in [0.15, 0.2) is 5.82 Å². The summed E-state index contributed by atoms with van der Waals surface area (Å²) >= 11 is 0. The summed E-state index contributed by atoms with van der Waals surface area (Å²) in [6, 6.07) is 2.57. The molecule has 1 aliphatic carbocycles. The van der Waals surface area contributed by atoms with Gasteiger partial charge in [0.1, 0.15) is 6.04 Å². The van der Waals surface area contributed by atoms with E-state index in [2.05, 4.69) is 5.32 Å². The van der Waals surface area contributed by atoms with Crippen molar-refractivity contribution in [2.45, 2.75) is 76.2 Å². The van der Waals surface area contributed by atoms with Gasteiger partial charge < -0.3 is 19.6 Å². The summed E-state index contributed by atoms with van der Waals surface area (Å²) in [5.74, 6) is -1.20. The molecule has 34 heavy (non-hydrogen) atoms. The highest BCUT2D eigenvalue weighted by Gasteiger charge is 2.41. The van der Waals surface area contributed by atoms with Gasteiger partial charge in [0.25, 0.3) is 5.91 Å². The fourth-order valence-electron chi connectivity index (χ4n) is 5.79. The zero-order chi connectivity index (χ0) is 23.8. The number of amides is 3. The molecule has 0 spiro atoms. The van der Waals surface area contributed by atoms with Gasteiger partial charge in [-0.1, -0.05) is 0 Å². The molecule has 0 bridgehead atoms. The zero-order valence-electron chi connectivity index (χ0n) is 19.3. The molecular formula is C25H32FN3O5. The number of hydrogen-bond acceptors (Lipinski definition) is 6. The third-order valence-electron chi connectivity index (χ3n) is 7.85. The lowest BCUT2D eigenvalue weighted by Crippen LogP contribution is -2.52. The lowest BCUT2D eigenvalue weighted by Gasteiger charge is -2.37. The molecule has 2 saturated heterocycles. The second-order valence-electron chi connectivity index (χ2n) is 9.97. The Morgan fingerprint density at radius 1 is 1.00 bits per heavy atom. The van der Waals surface area contributed by atoms with E-state index in [1.165, 1.54) is 4.90 Å². The Balaban J connectivity index is 1.21. The Labute approximate surface area is 198 Å². The molecule has 2 N–H and O–H groups in total. The standard InChI is InChI=1S/C25H32FN3O5/c26-23-19-13-29(21-7-8-22(31)27-24(21)32)25(33)18(19)5-6-20(23)28-11-9-17(10-12-28)34-16-3-1-15(14-30)2-4-16/h5-6,15-17,21,30H,1-4,7-14H2,(H,27,31,32). The number of aliphatic hydroxyl groups excluding tert-OH is 1. The highest BCUT2D eigenvalue weighted by atomic mass is 19.1. The number of ether oxygens (including phenoxy) is 1. The number of halogens is 1. The highest BCUT2D eigenvalue weighted by molar-refractivity contribution is 6.05. The summed E-state index contributed by atoms with van der Waals surface area (Å²) < 4.78 is 21.9. The van der Waals surface area contributed by atoms with Crippen molar-refractivity contribution >= 4 is 23.4 Å². The first-order valence-electron chi connectivity index (χ1n) is 12.4. The van der Waals surface area contributed by atoms with Crippen molar-refractivity contribution in [2.24, 2.45) is 5.92 Å². The van der Waals surface area contributed by atoms with E-state index in [0.717, 1.165) is 38.5 Å². The number of carbonyl (C=O) groups is 3. The number of hydrogen-bond donors (Lipinski definition) is 2. The highest BCUT2D eigenvalue weighted by Crippen LogP contribution is 2.35. The predicted molar refractivity (Wildman–Crippen MR) is 122 cm³/mol. The summed E-state index contributed by atoms with van der Waals surface area (Å²) in [6.45, 7) is 1.65. The minimum Gasteiger partial charge on any atom is -0.396 e. The van der Waals surface area contributed by atoms with Gasteiger partial charge in [-0.2, -0.15) is 0 Å². The SMILES string of the molecule is O=C1CCC(N2Cc3c(ccc(N4CCC(OC5CCC(CO)CC5)CC4)c3F)C2=O)C(=O)N1. The Morgan fingerprint density at radius 3 is 2.38 bits per heavy atom.